The van der Waals surface area contributed by atoms with Gasteiger partial charge in [0.2, 0.25) is 0 Å². The van der Waals surface area contributed by atoms with Crippen LogP contribution in [0.3, 0.4) is 0 Å². The Hall–Kier alpha value is -2.83. The van der Waals surface area contributed by atoms with Crippen LogP contribution >= 0.6 is 0 Å². The Kier molecular flexibility index (Phi) is 6.48. The van der Waals surface area contributed by atoms with Crippen molar-refractivity contribution in [3.05, 3.63) is 47.8 Å². The number of benzene rings is 1. The molecule has 30 heavy (non-hydrogen) atoms. The average Bonchev–Trinajstić information content (AvgIpc) is 3.08. The van der Waals surface area contributed by atoms with Crippen molar-refractivity contribution in [3.63, 3.8) is 0 Å². The quantitative estimate of drug-likeness (QED) is 0.764. The van der Waals surface area contributed by atoms with E-state index in [9.17, 15) is 9.59 Å². The van der Waals surface area contributed by atoms with Gasteiger partial charge in [0.05, 0.1) is 23.1 Å². The van der Waals surface area contributed by atoms with E-state index in [1.54, 1.807) is 22.8 Å². The zero-order chi connectivity index (χ0) is 21.9. The molecule has 1 aliphatic rings. The van der Waals surface area contributed by atoms with Gasteiger partial charge in [-0.05, 0) is 58.6 Å². The van der Waals surface area contributed by atoms with Crippen molar-refractivity contribution in [3.8, 4) is 5.69 Å². The number of rotatable bonds is 4. The van der Waals surface area contributed by atoms with Gasteiger partial charge in [-0.3, -0.25) is 4.79 Å². The molecule has 0 unspecified atom stereocenters. The third kappa shape index (κ3) is 5.20. The second-order valence-corrected chi connectivity index (χ2v) is 8.99. The van der Waals surface area contributed by atoms with Crippen molar-refractivity contribution in [2.45, 2.75) is 46.1 Å². The molecule has 0 aliphatic carbocycles. The van der Waals surface area contributed by atoms with Crippen LogP contribution in [-0.4, -0.2) is 63.9 Å². The first kappa shape index (κ1) is 21.9. The topological polar surface area (TPSA) is 67.7 Å². The first-order chi connectivity index (χ1) is 14.2. The summed E-state index contributed by atoms with van der Waals surface area (Å²) in [4.78, 5) is 28.8. The molecule has 2 heterocycles. The number of hydrogen-bond acceptors (Lipinski definition) is 4. The van der Waals surface area contributed by atoms with E-state index in [0.29, 0.717) is 31.1 Å². The molecular formula is C23H32N4O3. The number of carbonyl (C=O) groups is 2. The van der Waals surface area contributed by atoms with Crippen LogP contribution in [0.4, 0.5) is 4.79 Å². The minimum atomic E-state index is -0.497. The largest absolute Gasteiger partial charge is 0.444 e. The number of nitrogens with zero attached hydrogens (tertiary/aromatic N) is 4. The molecule has 0 saturated carbocycles. The number of ether oxygens (including phenoxy) is 1. The maximum atomic E-state index is 13.0. The second-order valence-electron chi connectivity index (χ2n) is 8.99. The van der Waals surface area contributed by atoms with Crippen molar-refractivity contribution in [1.29, 1.82) is 0 Å². The predicted octanol–water partition coefficient (Wildman–Crippen LogP) is 3.90. The first-order valence-electron chi connectivity index (χ1n) is 10.5. The van der Waals surface area contributed by atoms with Crippen molar-refractivity contribution in [1.82, 2.24) is 19.6 Å². The molecule has 2 aromatic rings. The molecule has 0 N–H and O–H groups in total. The lowest BCUT2D eigenvalue weighted by molar-refractivity contribution is 0.0246. The molecule has 0 radical (unpaired) electrons. The van der Waals surface area contributed by atoms with Crippen molar-refractivity contribution >= 4 is 12.0 Å². The average molecular weight is 413 g/mol. The molecule has 7 heteroatoms. The molecule has 162 valence electrons. The summed E-state index contributed by atoms with van der Waals surface area (Å²) in [6, 6.07) is 9.81. The van der Waals surface area contributed by atoms with E-state index >= 15 is 0 Å². The molecule has 1 fully saturated rings. The molecule has 7 nitrogen and oxygen atoms in total. The van der Waals surface area contributed by atoms with Crippen LogP contribution in [0, 0.1) is 12.8 Å². The SMILES string of the molecule is Cc1c(C(=O)N2CCC(CN(C)C(=O)OC(C)(C)C)CC2)cnn1-c1ccccc1. The Morgan fingerprint density at radius 3 is 2.40 bits per heavy atom. The molecule has 0 atom stereocenters. The number of para-hydroxylation sites is 1. The summed E-state index contributed by atoms with van der Waals surface area (Å²) in [5.41, 5.74) is 1.93. The Balaban J connectivity index is 1.56. The molecule has 1 aromatic carbocycles. The fourth-order valence-corrected chi connectivity index (χ4v) is 3.74. The molecule has 1 aromatic heterocycles. The van der Waals surface area contributed by atoms with E-state index in [4.69, 9.17) is 4.74 Å². The van der Waals surface area contributed by atoms with Gasteiger partial charge in [0.25, 0.3) is 5.91 Å². The minimum Gasteiger partial charge on any atom is -0.444 e. The molecule has 0 spiro atoms. The van der Waals surface area contributed by atoms with Crippen LogP contribution in [0.15, 0.2) is 36.5 Å². The lowest BCUT2D eigenvalue weighted by Gasteiger charge is -2.34. The highest BCUT2D eigenvalue weighted by Crippen LogP contribution is 2.22. The van der Waals surface area contributed by atoms with Crippen molar-refractivity contribution in [2.24, 2.45) is 5.92 Å². The van der Waals surface area contributed by atoms with Crippen LogP contribution in [-0.2, 0) is 4.74 Å². The fourth-order valence-electron chi connectivity index (χ4n) is 3.74. The standard InChI is InChI=1S/C23H32N4O3/c1-17-20(15-24-27(17)19-9-7-6-8-10-19)21(28)26-13-11-18(12-14-26)16-25(5)22(29)30-23(2,3)4/h6-10,15,18H,11-14,16H2,1-5H3. The van der Waals surface area contributed by atoms with Gasteiger partial charge in [-0.25, -0.2) is 9.48 Å². The Morgan fingerprint density at radius 1 is 1.17 bits per heavy atom. The Bertz CT molecular complexity index is 878. The molecule has 1 aliphatic heterocycles. The summed E-state index contributed by atoms with van der Waals surface area (Å²) < 4.78 is 7.22. The number of hydrogen-bond donors (Lipinski definition) is 0. The normalized spacial score (nSPS) is 15.2. The number of amides is 2. The van der Waals surface area contributed by atoms with E-state index < -0.39 is 5.60 Å². The Labute approximate surface area is 178 Å². The van der Waals surface area contributed by atoms with Crippen LogP contribution in [0.25, 0.3) is 5.69 Å². The summed E-state index contributed by atoms with van der Waals surface area (Å²) in [7, 11) is 1.77. The highest BCUT2D eigenvalue weighted by Gasteiger charge is 2.28. The lowest BCUT2D eigenvalue weighted by Crippen LogP contribution is -2.43. The molecular weight excluding hydrogens is 380 g/mol. The Morgan fingerprint density at radius 2 is 1.80 bits per heavy atom. The van der Waals surface area contributed by atoms with Gasteiger partial charge < -0.3 is 14.5 Å². The number of aromatic nitrogens is 2. The molecule has 3 rings (SSSR count). The second kappa shape index (κ2) is 8.90. The van der Waals surface area contributed by atoms with Gasteiger partial charge in [-0.15, -0.1) is 0 Å². The zero-order valence-electron chi connectivity index (χ0n) is 18.6. The van der Waals surface area contributed by atoms with Gasteiger partial charge in [-0.2, -0.15) is 5.10 Å². The summed E-state index contributed by atoms with van der Waals surface area (Å²) in [6.45, 7) is 9.53. The van der Waals surface area contributed by atoms with E-state index in [1.807, 2.05) is 62.9 Å². The van der Waals surface area contributed by atoms with E-state index in [2.05, 4.69) is 5.10 Å². The zero-order valence-corrected chi connectivity index (χ0v) is 18.6. The van der Waals surface area contributed by atoms with Gasteiger partial charge in [0.15, 0.2) is 0 Å². The van der Waals surface area contributed by atoms with E-state index in [0.717, 1.165) is 24.2 Å². The molecule has 2 amide bonds. The van der Waals surface area contributed by atoms with Gasteiger partial charge >= 0.3 is 6.09 Å². The molecule has 0 bridgehead atoms. The fraction of sp³-hybridized carbons (Fsp3) is 0.522. The smallest absolute Gasteiger partial charge is 0.410 e. The third-order valence-corrected chi connectivity index (χ3v) is 5.38. The lowest BCUT2D eigenvalue weighted by atomic mass is 9.96. The van der Waals surface area contributed by atoms with Gasteiger partial charge in [-0.1, -0.05) is 18.2 Å². The third-order valence-electron chi connectivity index (χ3n) is 5.38. The molecule has 1 saturated heterocycles. The van der Waals surface area contributed by atoms with Crippen molar-refractivity contribution < 1.29 is 14.3 Å². The highest BCUT2D eigenvalue weighted by atomic mass is 16.6. The summed E-state index contributed by atoms with van der Waals surface area (Å²) in [5, 5.41) is 4.42. The minimum absolute atomic E-state index is 0.0219. The summed E-state index contributed by atoms with van der Waals surface area (Å²) in [6.07, 6.45) is 3.09. The van der Waals surface area contributed by atoms with Crippen LogP contribution in [0.5, 0.6) is 0 Å². The maximum Gasteiger partial charge on any atom is 0.410 e. The van der Waals surface area contributed by atoms with Crippen molar-refractivity contribution in [2.75, 3.05) is 26.7 Å². The predicted molar refractivity (Wildman–Crippen MR) is 116 cm³/mol. The van der Waals surface area contributed by atoms with Gasteiger partial charge in [0, 0.05) is 26.7 Å². The van der Waals surface area contributed by atoms with E-state index in [1.165, 1.54) is 0 Å². The van der Waals surface area contributed by atoms with Crippen LogP contribution < -0.4 is 0 Å². The summed E-state index contributed by atoms with van der Waals surface area (Å²) >= 11 is 0. The van der Waals surface area contributed by atoms with Crippen LogP contribution in [0.2, 0.25) is 0 Å². The monoisotopic (exact) mass is 412 g/mol. The number of carbonyl (C=O) groups excluding carboxylic acids is 2. The highest BCUT2D eigenvalue weighted by molar-refractivity contribution is 5.95. The number of piperidine rings is 1. The maximum absolute atomic E-state index is 13.0. The number of likely N-dealkylation sites (tertiary alicyclic amines) is 1. The summed E-state index contributed by atoms with van der Waals surface area (Å²) in [5.74, 6) is 0.383. The van der Waals surface area contributed by atoms with Gasteiger partial charge in [0.1, 0.15) is 5.60 Å². The van der Waals surface area contributed by atoms with Crippen LogP contribution in [0.1, 0.15) is 49.7 Å². The van der Waals surface area contributed by atoms with E-state index in [-0.39, 0.29) is 12.0 Å². The first-order valence-corrected chi connectivity index (χ1v) is 10.5.